The molecule has 8 rings (SSSR count). The average molecular weight is 516 g/mol. The zero-order valence-corrected chi connectivity index (χ0v) is 22.2. The number of hydrogen-bond donors (Lipinski definition) is 2. The minimum absolute atomic E-state index is 0.834. The van der Waals surface area contributed by atoms with Gasteiger partial charge in [0, 0.05) is 30.2 Å². The Hall–Kier alpha value is -4.89. The Morgan fingerprint density at radius 2 is 1.70 bits per heavy atom. The first-order valence-electron chi connectivity index (χ1n) is 14.1. The summed E-state index contributed by atoms with van der Waals surface area (Å²) in [5.41, 5.74) is 13.9. The number of anilines is 1. The third-order valence-corrected chi connectivity index (χ3v) is 8.44. The Labute approximate surface area is 234 Å². The molecule has 2 aliphatic heterocycles. The van der Waals surface area contributed by atoms with Crippen LogP contribution in [-0.4, -0.2) is 11.5 Å². The molecule has 3 heteroatoms. The number of nitrogens with zero attached hydrogens (tertiary/aromatic N) is 1. The highest BCUT2D eigenvalue weighted by Gasteiger charge is 2.18. The molecular formula is C37H29N3. The molecular weight excluding hydrogens is 486 g/mol. The molecule has 0 unspecified atom stereocenters. The summed E-state index contributed by atoms with van der Waals surface area (Å²) >= 11 is 0. The lowest BCUT2D eigenvalue weighted by atomic mass is 9.85. The first-order valence-corrected chi connectivity index (χ1v) is 14.1. The van der Waals surface area contributed by atoms with Crippen LogP contribution in [0.5, 0.6) is 0 Å². The van der Waals surface area contributed by atoms with E-state index in [1.807, 2.05) is 18.5 Å². The number of allylic oxidation sites excluding steroid dienone is 4. The fourth-order valence-electron chi connectivity index (χ4n) is 6.49. The highest BCUT2D eigenvalue weighted by Crippen LogP contribution is 2.41. The number of benzene rings is 4. The van der Waals surface area contributed by atoms with E-state index in [-0.39, 0.29) is 0 Å². The monoisotopic (exact) mass is 515 g/mol. The molecule has 0 spiro atoms. The van der Waals surface area contributed by atoms with Crippen molar-refractivity contribution in [2.24, 2.45) is 0 Å². The molecule has 4 aromatic carbocycles. The number of hydrogen-bond acceptors (Lipinski definition) is 3. The van der Waals surface area contributed by atoms with Gasteiger partial charge in [-0.2, -0.15) is 0 Å². The van der Waals surface area contributed by atoms with E-state index in [9.17, 15) is 0 Å². The summed E-state index contributed by atoms with van der Waals surface area (Å²) in [6.45, 7) is 1.72. The molecule has 0 bridgehead atoms. The van der Waals surface area contributed by atoms with E-state index in [0.717, 1.165) is 37.1 Å². The summed E-state index contributed by atoms with van der Waals surface area (Å²) in [7, 11) is 0. The lowest BCUT2D eigenvalue weighted by Gasteiger charge is -2.21. The second-order valence-corrected chi connectivity index (χ2v) is 10.8. The summed E-state index contributed by atoms with van der Waals surface area (Å²) in [5.74, 6) is 0. The van der Waals surface area contributed by atoms with Crippen molar-refractivity contribution in [2.75, 3.05) is 11.9 Å². The Morgan fingerprint density at radius 1 is 0.775 bits per heavy atom. The van der Waals surface area contributed by atoms with E-state index in [1.165, 1.54) is 66.2 Å². The Kier molecular flexibility index (Phi) is 5.41. The van der Waals surface area contributed by atoms with E-state index < -0.39 is 0 Å². The van der Waals surface area contributed by atoms with Gasteiger partial charge in [0.05, 0.1) is 11.2 Å². The summed E-state index contributed by atoms with van der Waals surface area (Å²) in [5, 5.41) is 10.6. The summed E-state index contributed by atoms with van der Waals surface area (Å²) in [6, 6.07) is 26.9. The van der Waals surface area contributed by atoms with Crippen LogP contribution in [0.3, 0.4) is 0 Å². The van der Waals surface area contributed by atoms with Crippen molar-refractivity contribution in [3.8, 4) is 11.1 Å². The van der Waals surface area contributed by atoms with E-state index in [2.05, 4.69) is 108 Å². The van der Waals surface area contributed by atoms with Crippen LogP contribution in [0.2, 0.25) is 0 Å². The van der Waals surface area contributed by atoms with E-state index in [0.29, 0.717) is 0 Å². The minimum atomic E-state index is 0.834. The van der Waals surface area contributed by atoms with Crippen LogP contribution >= 0.6 is 0 Å². The van der Waals surface area contributed by atoms with Crippen LogP contribution < -0.4 is 10.6 Å². The van der Waals surface area contributed by atoms with Gasteiger partial charge < -0.3 is 10.6 Å². The van der Waals surface area contributed by atoms with Crippen LogP contribution in [0.25, 0.3) is 56.1 Å². The number of nitrogens with one attached hydrogen (secondary N) is 2. The second kappa shape index (κ2) is 9.39. The quantitative estimate of drug-likeness (QED) is 0.236. The Morgan fingerprint density at radius 3 is 2.67 bits per heavy atom. The topological polar surface area (TPSA) is 37.0 Å². The van der Waals surface area contributed by atoms with Gasteiger partial charge in [0.2, 0.25) is 0 Å². The lowest BCUT2D eigenvalue weighted by molar-refractivity contribution is 0.858. The zero-order valence-electron chi connectivity index (χ0n) is 22.2. The van der Waals surface area contributed by atoms with Crippen LogP contribution in [0.1, 0.15) is 40.7 Å². The van der Waals surface area contributed by atoms with Crippen molar-refractivity contribution in [1.29, 1.82) is 0 Å². The van der Waals surface area contributed by atoms with Gasteiger partial charge in [0.25, 0.3) is 0 Å². The molecule has 192 valence electrons. The van der Waals surface area contributed by atoms with Gasteiger partial charge in [-0.1, -0.05) is 78.9 Å². The van der Waals surface area contributed by atoms with Crippen LogP contribution in [0.4, 0.5) is 5.69 Å². The zero-order chi connectivity index (χ0) is 26.5. The molecule has 0 atom stereocenters. The maximum Gasteiger partial charge on any atom is 0.0945 e. The third-order valence-electron chi connectivity index (χ3n) is 8.44. The number of pyridine rings is 1. The molecule has 0 saturated heterocycles. The van der Waals surface area contributed by atoms with Gasteiger partial charge in [0.15, 0.2) is 0 Å². The van der Waals surface area contributed by atoms with Crippen molar-refractivity contribution < 1.29 is 0 Å². The summed E-state index contributed by atoms with van der Waals surface area (Å²) in [4.78, 5) is 4.78. The molecule has 1 aromatic heterocycles. The SMILES string of the molecule is C1=Cc2c(c3ncccc3c3cc(-c4ccccc4C4=CC(c5ccc6c(c5)CNC=C6)=CCC4)ccc23)NC1. The van der Waals surface area contributed by atoms with Crippen LogP contribution in [0.15, 0.2) is 103 Å². The Balaban J connectivity index is 1.25. The standard InChI is InChI=1S/C37H29N3/c1-2-9-31(28-14-15-32-33-10-4-17-39-36(33)37-34(35(32)22-28)11-5-18-40-37)30(8-1)27-7-3-6-25(20-27)26-13-12-24-16-19-38-23-29(24)21-26/h1-2,4-6,8-16,18-22,38-39H,3,7,17,23H2. The summed E-state index contributed by atoms with van der Waals surface area (Å²) in [6.07, 6.45) is 17.4. The van der Waals surface area contributed by atoms with Crippen LogP contribution in [0, 0.1) is 0 Å². The van der Waals surface area contributed by atoms with Crippen molar-refractivity contribution in [3.05, 3.63) is 131 Å². The van der Waals surface area contributed by atoms with Gasteiger partial charge >= 0.3 is 0 Å². The van der Waals surface area contributed by atoms with Gasteiger partial charge in [-0.05, 0) is 98.6 Å². The molecule has 0 amide bonds. The molecule has 0 fully saturated rings. The third kappa shape index (κ3) is 3.77. The van der Waals surface area contributed by atoms with Gasteiger partial charge in [-0.25, -0.2) is 0 Å². The largest absolute Gasteiger partial charge is 0.387 e. The van der Waals surface area contributed by atoms with E-state index >= 15 is 0 Å². The van der Waals surface area contributed by atoms with Crippen molar-refractivity contribution in [2.45, 2.75) is 19.4 Å². The van der Waals surface area contributed by atoms with Crippen molar-refractivity contribution in [1.82, 2.24) is 10.3 Å². The van der Waals surface area contributed by atoms with Crippen molar-refractivity contribution >= 4 is 50.7 Å². The first kappa shape index (κ1) is 23.0. The normalized spacial score (nSPS) is 15.6. The second-order valence-electron chi connectivity index (χ2n) is 10.8. The average Bonchev–Trinajstić information content (AvgIpc) is 3.04. The number of aromatic nitrogens is 1. The van der Waals surface area contributed by atoms with Crippen LogP contribution in [-0.2, 0) is 6.54 Å². The molecule has 5 aromatic rings. The minimum Gasteiger partial charge on any atom is -0.387 e. The molecule has 2 N–H and O–H groups in total. The smallest absolute Gasteiger partial charge is 0.0945 e. The first-order chi connectivity index (χ1) is 19.8. The number of fused-ring (bicyclic) bond motifs is 7. The maximum atomic E-state index is 4.78. The van der Waals surface area contributed by atoms with E-state index in [1.54, 1.807) is 0 Å². The highest BCUT2D eigenvalue weighted by atomic mass is 14.9. The fraction of sp³-hybridized carbons (Fsp3) is 0.108. The fourth-order valence-corrected chi connectivity index (χ4v) is 6.49. The molecule has 3 heterocycles. The molecule has 1 aliphatic carbocycles. The lowest BCUT2D eigenvalue weighted by Crippen LogP contribution is -2.10. The highest BCUT2D eigenvalue weighted by molar-refractivity contribution is 6.17. The number of rotatable bonds is 3. The van der Waals surface area contributed by atoms with Crippen molar-refractivity contribution in [3.63, 3.8) is 0 Å². The summed E-state index contributed by atoms with van der Waals surface area (Å²) < 4.78 is 0. The molecule has 3 aliphatic rings. The molecule has 3 nitrogen and oxygen atoms in total. The predicted octanol–water partition coefficient (Wildman–Crippen LogP) is 8.83. The van der Waals surface area contributed by atoms with Gasteiger partial charge in [0.1, 0.15) is 0 Å². The molecule has 40 heavy (non-hydrogen) atoms. The molecule has 0 radical (unpaired) electrons. The maximum absolute atomic E-state index is 4.78. The van der Waals surface area contributed by atoms with Gasteiger partial charge in [-0.15, -0.1) is 0 Å². The molecule has 0 saturated carbocycles. The van der Waals surface area contributed by atoms with E-state index in [4.69, 9.17) is 4.98 Å². The predicted molar refractivity (Wildman–Crippen MR) is 170 cm³/mol. The van der Waals surface area contributed by atoms with Gasteiger partial charge in [-0.3, -0.25) is 4.98 Å². The Bertz CT molecular complexity index is 1950.